The molecular weight excluding hydrogens is 272 g/mol. The summed E-state index contributed by atoms with van der Waals surface area (Å²) in [7, 11) is 2.76. The van der Waals surface area contributed by atoms with Gasteiger partial charge in [0.15, 0.2) is 11.5 Å². The quantitative estimate of drug-likeness (QED) is 0.469. The molecule has 0 saturated heterocycles. The average molecular weight is 289 g/mol. The molecular formula is C15H17O4Si. The fourth-order valence-corrected chi connectivity index (χ4v) is 1.23. The van der Waals surface area contributed by atoms with Crippen LogP contribution in [-0.2, 0) is 4.43 Å². The van der Waals surface area contributed by atoms with E-state index in [2.05, 4.69) is 34.6 Å². The molecule has 4 nitrogen and oxygen atoms in total. The Labute approximate surface area is 122 Å². The van der Waals surface area contributed by atoms with Crippen molar-refractivity contribution in [3.8, 4) is 23.0 Å². The molecule has 2 rings (SSSR count). The van der Waals surface area contributed by atoms with Crippen molar-refractivity contribution in [1.29, 1.82) is 0 Å². The van der Waals surface area contributed by atoms with E-state index >= 15 is 0 Å². The zero-order valence-corrected chi connectivity index (χ0v) is 12.9. The van der Waals surface area contributed by atoms with Gasteiger partial charge in [0.1, 0.15) is 0 Å². The number of ether oxygens (including phenoxy) is 3. The van der Waals surface area contributed by atoms with Crippen LogP contribution in [0.3, 0.4) is 0 Å². The molecule has 1 aromatic carbocycles. The van der Waals surface area contributed by atoms with E-state index < -0.39 is 0 Å². The highest BCUT2D eigenvalue weighted by Gasteiger charge is 2.29. The van der Waals surface area contributed by atoms with Crippen LogP contribution < -0.4 is 14.2 Å². The number of hydrogen-bond acceptors (Lipinski definition) is 4. The average Bonchev–Trinajstić information content (AvgIpc) is 3.11. The second kappa shape index (κ2) is 6.86. The summed E-state index contributed by atoms with van der Waals surface area (Å²) in [5.41, 5.74) is 0. The minimum absolute atomic E-state index is 0.572. The summed E-state index contributed by atoms with van der Waals surface area (Å²) < 4.78 is 20.4. The molecule has 0 saturated carbocycles. The molecule has 1 heterocycles. The van der Waals surface area contributed by atoms with Crippen molar-refractivity contribution in [3.05, 3.63) is 49.1 Å². The Kier molecular flexibility index (Phi) is 5.46. The first-order valence-corrected chi connectivity index (χ1v) is 6.26. The number of allylic oxidation sites excluding steroid dienone is 3. The summed E-state index contributed by atoms with van der Waals surface area (Å²) in [6.45, 7) is 16.1. The zero-order valence-electron chi connectivity index (χ0n) is 11.9. The standard InChI is InChI=1S/C12H12O3.C3H5OSi/c1-7(2)13-9-5-6-10-12(15-10)11(9)14-8(3)4;1-3(2)4-5/h5-6H,1,3H2,2,4H3;1H2,2H3. The number of rotatable bonds is 5. The van der Waals surface area contributed by atoms with E-state index in [4.69, 9.17) is 14.2 Å². The van der Waals surface area contributed by atoms with Gasteiger partial charge in [0.25, 0.3) is 0 Å². The van der Waals surface area contributed by atoms with Crippen molar-refractivity contribution in [1.82, 2.24) is 0 Å². The Hall–Kier alpha value is -2.14. The topological polar surface area (TPSA) is 40.2 Å². The first-order chi connectivity index (χ1) is 9.35. The number of benzene rings is 1. The van der Waals surface area contributed by atoms with Gasteiger partial charge in [0, 0.05) is 0 Å². The molecule has 20 heavy (non-hydrogen) atoms. The third-order valence-electron chi connectivity index (χ3n) is 1.94. The maximum atomic E-state index is 5.44. The lowest BCUT2D eigenvalue weighted by Gasteiger charge is -2.09. The van der Waals surface area contributed by atoms with Crippen LogP contribution in [0.5, 0.6) is 23.0 Å². The van der Waals surface area contributed by atoms with Crippen LogP contribution in [0.4, 0.5) is 0 Å². The van der Waals surface area contributed by atoms with Gasteiger partial charge in [-0.25, -0.2) is 0 Å². The Morgan fingerprint density at radius 1 is 1.00 bits per heavy atom. The van der Waals surface area contributed by atoms with E-state index in [-0.39, 0.29) is 0 Å². The van der Waals surface area contributed by atoms with Crippen LogP contribution >= 0.6 is 0 Å². The number of fused-ring (bicyclic) bond motifs is 1. The minimum Gasteiger partial charge on any atom is -0.544 e. The lowest BCUT2D eigenvalue weighted by Crippen LogP contribution is -1.93. The Morgan fingerprint density at radius 3 is 2.00 bits per heavy atom. The molecule has 1 aliphatic heterocycles. The monoisotopic (exact) mass is 289 g/mol. The van der Waals surface area contributed by atoms with Gasteiger partial charge in [-0.1, -0.05) is 19.7 Å². The molecule has 5 heteroatoms. The van der Waals surface area contributed by atoms with Gasteiger partial charge < -0.3 is 18.6 Å². The molecule has 0 amide bonds. The van der Waals surface area contributed by atoms with Crippen LogP contribution in [-0.4, -0.2) is 10.5 Å². The summed E-state index contributed by atoms with van der Waals surface area (Å²) in [5, 5.41) is 0. The van der Waals surface area contributed by atoms with Crippen molar-refractivity contribution in [2.24, 2.45) is 0 Å². The SMILES string of the molecule is C=C(C)O[Si].C=C(C)Oc1ccc2c(c1OC(=C)C)O2. The predicted octanol–water partition coefficient (Wildman–Crippen LogP) is 4.24. The third-order valence-corrected chi connectivity index (χ3v) is 2.29. The van der Waals surface area contributed by atoms with Crippen molar-refractivity contribution in [3.63, 3.8) is 0 Å². The molecule has 105 valence electrons. The van der Waals surface area contributed by atoms with Gasteiger partial charge >= 0.3 is 10.5 Å². The molecule has 0 spiro atoms. The Morgan fingerprint density at radius 2 is 1.55 bits per heavy atom. The maximum Gasteiger partial charge on any atom is 0.340 e. The summed E-state index contributed by atoms with van der Waals surface area (Å²) in [5.74, 6) is 4.57. The van der Waals surface area contributed by atoms with Crippen LogP contribution in [0.2, 0.25) is 0 Å². The van der Waals surface area contributed by atoms with Gasteiger partial charge in [-0.05, 0) is 32.9 Å². The largest absolute Gasteiger partial charge is 0.544 e. The first kappa shape index (κ1) is 15.9. The van der Waals surface area contributed by atoms with Crippen LogP contribution in [0.15, 0.2) is 49.1 Å². The van der Waals surface area contributed by atoms with E-state index in [0.717, 1.165) is 11.5 Å². The van der Waals surface area contributed by atoms with Gasteiger partial charge in [-0.3, -0.25) is 0 Å². The van der Waals surface area contributed by atoms with E-state index in [0.29, 0.717) is 28.8 Å². The minimum atomic E-state index is 0.572. The maximum absolute atomic E-state index is 5.44. The summed E-state index contributed by atoms with van der Waals surface area (Å²) in [6, 6.07) is 3.62. The Bertz CT molecular complexity index is 549. The van der Waals surface area contributed by atoms with Gasteiger partial charge in [-0.15, -0.1) is 0 Å². The molecule has 0 aromatic heterocycles. The molecule has 0 atom stereocenters. The summed E-state index contributed by atoms with van der Waals surface area (Å²) in [6.07, 6.45) is 0. The molecule has 0 N–H and O–H groups in total. The fourth-order valence-electron chi connectivity index (χ4n) is 1.23. The summed E-state index contributed by atoms with van der Waals surface area (Å²) >= 11 is 0. The zero-order chi connectivity index (χ0) is 15.3. The van der Waals surface area contributed by atoms with E-state index in [1.54, 1.807) is 26.8 Å². The third kappa shape index (κ3) is 4.85. The molecule has 0 aliphatic carbocycles. The molecule has 1 aromatic rings. The van der Waals surface area contributed by atoms with Crippen LogP contribution in [0.25, 0.3) is 0 Å². The second-order valence-electron chi connectivity index (χ2n) is 4.23. The fraction of sp³-hybridized carbons (Fsp3) is 0.200. The smallest absolute Gasteiger partial charge is 0.340 e. The van der Waals surface area contributed by atoms with Crippen molar-refractivity contribution >= 4 is 10.5 Å². The molecule has 0 fully saturated rings. The van der Waals surface area contributed by atoms with Gasteiger partial charge in [0.05, 0.1) is 17.3 Å². The van der Waals surface area contributed by atoms with E-state index in [9.17, 15) is 0 Å². The van der Waals surface area contributed by atoms with E-state index in [1.807, 2.05) is 6.07 Å². The normalized spacial score (nSPS) is 10.0. The highest BCUT2D eigenvalue weighted by molar-refractivity contribution is 5.98. The van der Waals surface area contributed by atoms with Crippen LogP contribution in [0, 0.1) is 0 Å². The van der Waals surface area contributed by atoms with Crippen molar-refractivity contribution in [2.45, 2.75) is 20.8 Å². The Balaban J connectivity index is 0.000000347. The molecule has 0 bridgehead atoms. The number of hydrogen-bond donors (Lipinski definition) is 0. The molecule has 3 radical (unpaired) electrons. The highest BCUT2D eigenvalue weighted by atomic mass is 28.2. The predicted molar refractivity (Wildman–Crippen MR) is 79.1 cm³/mol. The van der Waals surface area contributed by atoms with Gasteiger partial charge in [0.2, 0.25) is 11.5 Å². The highest BCUT2D eigenvalue weighted by Crippen LogP contribution is 2.57. The van der Waals surface area contributed by atoms with E-state index in [1.165, 1.54) is 0 Å². The lowest BCUT2D eigenvalue weighted by molar-refractivity contribution is 0.368. The van der Waals surface area contributed by atoms with Crippen LogP contribution in [0.1, 0.15) is 20.8 Å². The molecule has 1 aliphatic rings. The summed E-state index contributed by atoms with van der Waals surface area (Å²) in [4.78, 5) is 0. The van der Waals surface area contributed by atoms with Gasteiger partial charge in [-0.2, -0.15) is 0 Å². The van der Waals surface area contributed by atoms with Crippen molar-refractivity contribution in [2.75, 3.05) is 0 Å². The lowest BCUT2D eigenvalue weighted by atomic mass is 10.3. The molecule has 0 unspecified atom stereocenters. The van der Waals surface area contributed by atoms with Crippen molar-refractivity contribution < 1.29 is 18.6 Å². The second-order valence-corrected chi connectivity index (χ2v) is 4.44. The first-order valence-electron chi connectivity index (χ1n) is 5.85.